The molecule has 0 atom stereocenters. The second kappa shape index (κ2) is 6.25. The summed E-state index contributed by atoms with van der Waals surface area (Å²) in [4.78, 5) is 21.3. The minimum absolute atomic E-state index is 0.0273. The van der Waals surface area contributed by atoms with Gasteiger partial charge in [-0.05, 0) is 23.1 Å². The average Bonchev–Trinajstić information content (AvgIpc) is 2.26. The van der Waals surface area contributed by atoms with Crippen molar-refractivity contribution in [3.8, 4) is 0 Å². The second-order valence-corrected chi connectivity index (χ2v) is 3.92. The Labute approximate surface area is 104 Å². The molecule has 0 spiro atoms. The summed E-state index contributed by atoms with van der Waals surface area (Å²) in [6.07, 6.45) is 0.168. The van der Waals surface area contributed by atoms with Crippen LogP contribution in [0, 0.1) is 0 Å². The fourth-order valence-electron chi connectivity index (χ4n) is 1.69. The fraction of sp³-hybridized carbons (Fsp3) is 0.333. The van der Waals surface area contributed by atoms with E-state index in [-0.39, 0.29) is 18.7 Å². The van der Waals surface area contributed by atoms with Gasteiger partial charge in [-0.2, -0.15) is 0 Å². The topological polar surface area (TPSA) is 74.6 Å². The van der Waals surface area contributed by atoms with Crippen molar-refractivity contribution >= 4 is 23.5 Å². The molecule has 0 aliphatic heterocycles. The van der Waals surface area contributed by atoms with E-state index >= 15 is 0 Å². The number of halogens is 1. The lowest BCUT2D eigenvalue weighted by Gasteiger charge is -2.11. The number of aliphatic carboxylic acids is 2. The Morgan fingerprint density at radius 2 is 1.76 bits per heavy atom. The highest BCUT2D eigenvalue weighted by Gasteiger charge is 2.12. The van der Waals surface area contributed by atoms with Gasteiger partial charge in [0.25, 0.3) is 0 Å². The molecular weight excluding hydrogens is 244 g/mol. The van der Waals surface area contributed by atoms with Crippen molar-refractivity contribution in [1.29, 1.82) is 0 Å². The number of carboxylic acids is 2. The van der Waals surface area contributed by atoms with Crippen LogP contribution < -0.4 is 0 Å². The van der Waals surface area contributed by atoms with Crippen LogP contribution in [-0.4, -0.2) is 22.2 Å². The molecule has 5 heteroatoms. The first-order chi connectivity index (χ1) is 8.04. The first-order valence-electron chi connectivity index (χ1n) is 5.13. The Morgan fingerprint density at radius 1 is 1.12 bits per heavy atom. The summed E-state index contributed by atoms with van der Waals surface area (Å²) < 4.78 is 0. The molecule has 0 bridgehead atoms. The van der Waals surface area contributed by atoms with Crippen LogP contribution in [0.2, 0.25) is 0 Å². The molecule has 0 fully saturated rings. The summed E-state index contributed by atoms with van der Waals surface area (Å²) in [7, 11) is 0. The predicted molar refractivity (Wildman–Crippen MR) is 63.3 cm³/mol. The van der Waals surface area contributed by atoms with Crippen LogP contribution in [0.25, 0.3) is 0 Å². The third-order valence-corrected chi connectivity index (χ3v) is 2.73. The Balaban J connectivity index is 3.01. The third-order valence-electron chi connectivity index (χ3n) is 2.44. The summed E-state index contributed by atoms with van der Waals surface area (Å²) in [6.45, 7) is 0. The monoisotopic (exact) mass is 256 g/mol. The quantitative estimate of drug-likeness (QED) is 0.764. The molecule has 0 radical (unpaired) electrons. The zero-order valence-electron chi connectivity index (χ0n) is 9.15. The van der Waals surface area contributed by atoms with Gasteiger partial charge in [-0.25, -0.2) is 0 Å². The van der Waals surface area contributed by atoms with Gasteiger partial charge in [0.1, 0.15) is 0 Å². The summed E-state index contributed by atoms with van der Waals surface area (Å²) >= 11 is 5.76. The maximum atomic E-state index is 10.7. The number of alkyl halides is 1. The van der Waals surface area contributed by atoms with Gasteiger partial charge in [-0.15, -0.1) is 11.6 Å². The van der Waals surface area contributed by atoms with Crippen molar-refractivity contribution in [1.82, 2.24) is 0 Å². The Bertz CT molecular complexity index is 429. The molecule has 0 amide bonds. The van der Waals surface area contributed by atoms with Crippen molar-refractivity contribution in [2.75, 3.05) is 0 Å². The minimum atomic E-state index is -0.937. The van der Waals surface area contributed by atoms with Crippen molar-refractivity contribution in [2.45, 2.75) is 25.1 Å². The van der Waals surface area contributed by atoms with Crippen LogP contribution >= 0.6 is 11.6 Å². The second-order valence-electron chi connectivity index (χ2n) is 3.65. The normalized spacial score (nSPS) is 10.2. The highest BCUT2D eigenvalue weighted by Crippen LogP contribution is 2.19. The highest BCUT2D eigenvalue weighted by atomic mass is 35.5. The number of rotatable bonds is 6. The third kappa shape index (κ3) is 4.07. The van der Waals surface area contributed by atoms with Crippen LogP contribution in [0.15, 0.2) is 18.2 Å². The molecule has 0 unspecified atom stereocenters. The minimum Gasteiger partial charge on any atom is -0.481 e. The lowest BCUT2D eigenvalue weighted by Crippen LogP contribution is -2.08. The van der Waals surface area contributed by atoms with E-state index in [4.69, 9.17) is 21.8 Å². The van der Waals surface area contributed by atoms with E-state index in [0.717, 1.165) is 11.1 Å². The van der Waals surface area contributed by atoms with E-state index in [1.54, 1.807) is 18.2 Å². The zero-order valence-corrected chi connectivity index (χ0v) is 9.91. The molecule has 17 heavy (non-hydrogen) atoms. The molecule has 0 aromatic heterocycles. The molecule has 1 aromatic rings. The number of hydrogen-bond donors (Lipinski definition) is 2. The molecule has 0 aliphatic rings. The largest absolute Gasteiger partial charge is 0.481 e. The van der Waals surface area contributed by atoms with E-state index in [1.165, 1.54) is 0 Å². The van der Waals surface area contributed by atoms with Gasteiger partial charge in [0, 0.05) is 12.3 Å². The summed E-state index contributed by atoms with van der Waals surface area (Å²) in [5, 5.41) is 17.4. The number of benzene rings is 1. The molecule has 0 saturated heterocycles. The highest BCUT2D eigenvalue weighted by molar-refractivity contribution is 6.17. The number of carboxylic acid groups (broad SMARTS) is 2. The molecule has 4 nitrogen and oxygen atoms in total. The van der Waals surface area contributed by atoms with Crippen LogP contribution in [0.5, 0.6) is 0 Å². The molecule has 2 N–H and O–H groups in total. The van der Waals surface area contributed by atoms with E-state index in [2.05, 4.69) is 0 Å². The lowest BCUT2D eigenvalue weighted by molar-refractivity contribution is -0.137. The van der Waals surface area contributed by atoms with Gasteiger partial charge in [0.05, 0.1) is 6.42 Å². The number of carbonyl (C=O) groups is 2. The van der Waals surface area contributed by atoms with Crippen LogP contribution in [-0.2, 0) is 28.3 Å². The standard InChI is InChI=1S/C12H13ClO4/c13-7-9-3-1-2-8(6-12(16)17)10(9)4-5-11(14)15/h1-3H,4-7H2,(H,14,15)(H,16,17). The zero-order chi connectivity index (χ0) is 12.8. The molecule has 0 aliphatic carbocycles. The average molecular weight is 257 g/mol. The maximum absolute atomic E-state index is 10.7. The van der Waals surface area contributed by atoms with Crippen molar-refractivity contribution in [3.05, 3.63) is 34.9 Å². The maximum Gasteiger partial charge on any atom is 0.307 e. The Kier molecular flexibility index (Phi) is 4.97. The van der Waals surface area contributed by atoms with Crippen molar-refractivity contribution in [3.63, 3.8) is 0 Å². The molecule has 92 valence electrons. The van der Waals surface area contributed by atoms with Gasteiger partial charge in [0.2, 0.25) is 0 Å². The lowest BCUT2D eigenvalue weighted by atomic mass is 9.96. The molecular formula is C12H13ClO4. The van der Waals surface area contributed by atoms with Crippen molar-refractivity contribution in [2.24, 2.45) is 0 Å². The van der Waals surface area contributed by atoms with Gasteiger partial charge in [-0.3, -0.25) is 9.59 Å². The summed E-state index contributed by atoms with van der Waals surface area (Å²) in [6, 6.07) is 5.22. The summed E-state index contributed by atoms with van der Waals surface area (Å²) in [5.41, 5.74) is 2.18. The van der Waals surface area contributed by atoms with Gasteiger partial charge < -0.3 is 10.2 Å². The molecule has 1 rings (SSSR count). The molecule has 1 aromatic carbocycles. The van der Waals surface area contributed by atoms with E-state index < -0.39 is 11.9 Å². The van der Waals surface area contributed by atoms with Gasteiger partial charge in [-0.1, -0.05) is 18.2 Å². The van der Waals surface area contributed by atoms with E-state index in [9.17, 15) is 9.59 Å². The van der Waals surface area contributed by atoms with Crippen LogP contribution in [0.3, 0.4) is 0 Å². The smallest absolute Gasteiger partial charge is 0.307 e. The van der Waals surface area contributed by atoms with Crippen LogP contribution in [0.4, 0.5) is 0 Å². The molecule has 0 saturated carbocycles. The van der Waals surface area contributed by atoms with Gasteiger partial charge >= 0.3 is 11.9 Å². The van der Waals surface area contributed by atoms with Crippen LogP contribution in [0.1, 0.15) is 23.1 Å². The van der Waals surface area contributed by atoms with Crippen molar-refractivity contribution < 1.29 is 19.8 Å². The predicted octanol–water partition coefficient (Wildman–Crippen LogP) is 2.07. The first kappa shape index (κ1) is 13.5. The van der Waals surface area contributed by atoms with E-state index in [1.807, 2.05) is 0 Å². The van der Waals surface area contributed by atoms with E-state index in [0.29, 0.717) is 12.0 Å². The Hall–Kier alpha value is -1.55. The number of hydrogen-bond acceptors (Lipinski definition) is 2. The van der Waals surface area contributed by atoms with Gasteiger partial charge in [0.15, 0.2) is 0 Å². The first-order valence-corrected chi connectivity index (χ1v) is 5.67. The SMILES string of the molecule is O=C(O)CCc1c(CCl)cccc1CC(=O)O. The summed E-state index contributed by atoms with van der Waals surface area (Å²) in [5.74, 6) is -1.59. The fourth-order valence-corrected chi connectivity index (χ4v) is 1.95. The molecule has 0 heterocycles. The Morgan fingerprint density at radius 3 is 2.29 bits per heavy atom.